The summed E-state index contributed by atoms with van der Waals surface area (Å²) in [6.07, 6.45) is 0.912. The smallest absolute Gasteiger partial charge is 0.0684 e. The number of hydrogen-bond acceptors (Lipinski definition) is 1. The zero-order chi connectivity index (χ0) is 5.28. The first-order chi connectivity index (χ1) is 3.30. The SMILES string of the molecule is CC(=N)C1C#CC1. The average Bonchev–Trinajstić information content (AvgIpc) is 1.23. The van der Waals surface area contributed by atoms with Gasteiger partial charge in [-0.2, -0.15) is 0 Å². The maximum atomic E-state index is 7.05. The Morgan fingerprint density at radius 1 is 1.86 bits per heavy atom. The predicted octanol–water partition coefficient (Wildman–Crippen LogP) is 1.05. The van der Waals surface area contributed by atoms with E-state index in [1.165, 1.54) is 0 Å². The molecule has 0 aliphatic heterocycles. The van der Waals surface area contributed by atoms with Crippen molar-refractivity contribution < 1.29 is 0 Å². The normalized spacial score (nSPS) is 24.4. The third kappa shape index (κ3) is 0.640. The van der Waals surface area contributed by atoms with Gasteiger partial charge in [-0.3, -0.25) is 0 Å². The van der Waals surface area contributed by atoms with Crippen molar-refractivity contribution in [3.8, 4) is 11.8 Å². The van der Waals surface area contributed by atoms with E-state index in [9.17, 15) is 0 Å². The van der Waals surface area contributed by atoms with Gasteiger partial charge in [0.1, 0.15) is 0 Å². The molecule has 0 saturated heterocycles. The molecule has 0 aromatic rings. The Kier molecular flexibility index (Phi) is 0.867. The fourth-order valence-corrected chi connectivity index (χ4v) is 0.465. The third-order valence-corrected chi connectivity index (χ3v) is 1.11. The summed E-state index contributed by atoms with van der Waals surface area (Å²) in [5.41, 5.74) is 0.707. The van der Waals surface area contributed by atoms with Crippen molar-refractivity contribution in [2.45, 2.75) is 13.3 Å². The van der Waals surface area contributed by atoms with E-state index in [1.807, 2.05) is 0 Å². The summed E-state index contributed by atoms with van der Waals surface area (Å²) in [7, 11) is 0. The van der Waals surface area contributed by atoms with Gasteiger partial charge in [0.15, 0.2) is 0 Å². The summed E-state index contributed by atoms with van der Waals surface area (Å²) in [6, 6.07) is 0. The highest BCUT2D eigenvalue weighted by molar-refractivity contribution is 5.85. The molecular formula is C6H7N. The van der Waals surface area contributed by atoms with Crippen molar-refractivity contribution in [3.63, 3.8) is 0 Å². The van der Waals surface area contributed by atoms with Crippen molar-refractivity contribution in [3.05, 3.63) is 0 Å². The van der Waals surface area contributed by atoms with Crippen LogP contribution in [0.25, 0.3) is 0 Å². The third-order valence-electron chi connectivity index (χ3n) is 1.11. The fourth-order valence-electron chi connectivity index (χ4n) is 0.465. The Hall–Kier alpha value is -0.770. The van der Waals surface area contributed by atoms with Gasteiger partial charge in [0.05, 0.1) is 5.92 Å². The van der Waals surface area contributed by atoms with Gasteiger partial charge in [0, 0.05) is 12.1 Å². The molecule has 0 aromatic carbocycles. The Balaban J connectivity index is 2.51. The maximum absolute atomic E-state index is 7.05. The van der Waals surface area contributed by atoms with Crippen LogP contribution in [0.1, 0.15) is 13.3 Å². The molecule has 1 unspecified atom stereocenters. The average molecular weight is 93.1 g/mol. The van der Waals surface area contributed by atoms with Crippen LogP contribution >= 0.6 is 0 Å². The number of nitrogens with one attached hydrogen (secondary N) is 1. The molecule has 0 radical (unpaired) electrons. The highest BCUT2D eigenvalue weighted by Gasteiger charge is 2.09. The predicted molar refractivity (Wildman–Crippen MR) is 29.3 cm³/mol. The Labute approximate surface area is 43.2 Å². The Bertz CT molecular complexity index is 147. The van der Waals surface area contributed by atoms with Gasteiger partial charge in [-0.1, -0.05) is 5.92 Å². The second-order valence-corrected chi connectivity index (χ2v) is 1.76. The minimum atomic E-state index is 0.306. The van der Waals surface area contributed by atoms with Crippen LogP contribution in [0.4, 0.5) is 0 Å². The molecule has 0 aromatic heterocycles. The standard InChI is InChI=1S/C6H7N/c1-5(7)6-3-2-4-6/h6-7H,3H2,1H3. The van der Waals surface area contributed by atoms with E-state index in [0.29, 0.717) is 11.6 Å². The van der Waals surface area contributed by atoms with E-state index in [-0.39, 0.29) is 0 Å². The quantitative estimate of drug-likeness (QED) is 0.370. The molecule has 0 bridgehead atoms. The fraction of sp³-hybridized carbons (Fsp3) is 0.500. The second-order valence-electron chi connectivity index (χ2n) is 1.76. The van der Waals surface area contributed by atoms with Crippen LogP contribution in [0.5, 0.6) is 0 Å². The van der Waals surface area contributed by atoms with Crippen molar-refractivity contribution in [2.75, 3.05) is 0 Å². The Morgan fingerprint density at radius 2 is 2.43 bits per heavy atom. The van der Waals surface area contributed by atoms with Crippen LogP contribution in [-0.2, 0) is 0 Å². The van der Waals surface area contributed by atoms with Gasteiger partial charge in [0.2, 0.25) is 0 Å². The lowest BCUT2D eigenvalue weighted by molar-refractivity contribution is 0.871. The molecule has 1 nitrogen and oxygen atoms in total. The van der Waals surface area contributed by atoms with Crippen molar-refractivity contribution in [1.29, 1.82) is 5.41 Å². The molecule has 7 heavy (non-hydrogen) atoms. The van der Waals surface area contributed by atoms with E-state index in [1.54, 1.807) is 6.92 Å². The summed E-state index contributed by atoms with van der Waals surface area (Å²) in [5.74, 6) is 6.03. The molecule has 0 saturated carbocycles. The largest absolute Gasteiger partial charge is 0.309 e. The summed E-state index contributed by atoms with van der Waals surface area (Å²) in [4.78, 5) is 0. The topological polar surface area (TPSA) is 23.9 Å². The lowest BCUT2D eigenvalue weighted by atomic mass is 9.95. The van der Waals surface area contributed by atoms with Gasteiger partial charge in [-0.15, -0.1) is 5.92 Å². The number of hydrogen-bond donors (Lipinski definition) is 1. The van der Waals surface area contributed by atoms with Gasteiger partial charge < -0.3 is 5.41 Å². The second kappa shape index (κ2) is 1.38. The van der Waals surface area contributed by atoms with Crippen LogP contribution in [0.3, 0.4) is 0 Å². The van der Waals surface area contributed by atoms with Crippen LogP contribution in [0, 0.1) is 23.2 Å². The van der Waals surface area contributed by atoms with Crippen LogP contribution in [-0.4, -0.2) is 5.71 Å². The summed E-state index contributed by atoms with van der Waals surface area (Å²) in [6.45, 7) is 1.80. The van der Waals surface area contributed by atoms with Gasteiger partial charge in [-0.05, 0) is 6.92 Å². The first-order valence-corrected chi connectivity index (χ1v) is 2.34. The highest BCUT2D eigenvalue weighted by atomic mass is 14.4. The first-order valence-electron chi connectivity index (χ1n) is 2.34. The monoisotopic (exact) mass is 93.1 g/mol. The number of rotatable bonds is 1. The van der Waals surface area contributed by atoms with Gasteiger partial charge in [-0.25, -0.2) is 0 Å². The molecule has 1 aliphatic carbocycles. The van der Waals surface area contributed by atoms with E-state index >= 15 is 0 Å². The summed E-state index contributed by atoms with van der Waals surface area (Å²) < 4.78 is 0. The van der Waals surface area contributed by atoms with E-state index < -0.39 is 0 Å². The molecular weight excluding hydrogens is 86.1 g/mol. The van der Waals surface area contributed by atoms with E-state index in [2.05, 4.69) is 11.8 Å². The minimum absolute atomic E-state index is 0.306. The molecule has 1 atom stereocenters. The molecule has 0 spiro atoms. The zero-order valence-electron chi connectivity index (χ0n) is 4.28. The molecule has 1 rings (SSSR count). The van der Waals surface area contributed by atoms with E-state index in [4.69, 9.17) is 5.41 Å². The summed E-state index contributed by atoms with van der Waals surface area (Å²) >= 11 is 0. The molecule has 0 fully saturated rings. The summed E-state index contributed by atoms with van der Waals surface area (Å²) in [5, 5.41) is 7.05. The molecule has 1 N–H and O–H groups in total. The van der Waals surface area contributed by atoms with Crippen molar-refractivity contribution in [1.82, 2.24) is 0 Å². The lowest BCUT2D eigenvalue weighted by Gasteiger charge is -2.08. The maximum Gasteiger partial charge on any atom is 0.0684 e. The highest BCUT2D eigenvalue weighted by Crippen LogP contribution is 2.08. The van der Waals surface area contributed by atoms with Crippen LogP contribution in [0.15, 0.2) is 0 Å². The van der Waals surface area contributed by atoms with Crippen molar-refractivity contribution >= 4 is 5.71 Å². The van der Waals surface area contributed by atoms with Crippen LogP contribution < -0.4 is 0 Å². The Morgan fingerprint density at radius 3 is 2.43 bits per heavy atom. The molecule has 36 valence electrons. The molecule has 0 heterocycles. The molecule has 1 aliphatic rings. The minimum Gasteiger partial charge on any atom is -0.309 e. The van der Waals surface area contributed by atoms with Gasteiger partial charge in [0.25, 0.3) is 0 Å². The van der Waals surface area contributed by atoms with E-state index in [0.717, 1.165) is 6.42 Å². The molecule has 1 heteroatoms. The van der Waals surface area contributed by atoms with Gasteiger partial charge >= 0.3 is 0 Å². The molecule has 0 amide bonds. The first kappa shape index (κ1) is 4.39. The zero-order valence-corrected chi connectivity index (χ0v) is 4.28. The van der Waals surface area contributed by atoms with Crippen LogP contribution in [0.2, 0.25) is 0 Å². The van der Waals surface area contributed by atoms with Crippen molar-refractivity contribution in [2.24, 2.45) is 5.92 Å². The lowest BCUT2D eigenvalue weighted by Crippen LogP contribution is -2.11.